The van der Waals surface area contributed by atoms with E-state index in [1.165, 1.54) is 6.07 Å². The summed E-state index contributed by atoms with van der Waals surface area (Å²) in [6, 6.07) is 2.25. The lowest BCUT2D eigenvalue weighted by molar-refractivity contribution is -0.124. The highest BCUT2D eigenvalue weighted by Gasteiger charge is 2.24. The van der Waals surface area contributed by atoms with Crippen molar-refractivity contribution in [2.45, 2.75) is 18.9 Å². The fraction of sp³-hybridized carbons (Fsp3) is 0.333. The molecule has 1 aromatic carbocycles. The van der Waals surface area contributed by atoms with Gasteiger partial charge >= 0.3 is 0 Å². The average Bonchev–Trinajstić information content (AvgIpc) is 2.35. The highest BCUT2D eigenvalue weighted by atomic mass is 19.2. The summed E-state index contributed by atoms with van der Waals surface area (Å²) in [5.41, 5.74) is -0.00715. The first kappa shape index (κ1) is 12.5. The van der Waals surface area contributed by atoms with Crippen molar-refractivity contribution in [1.29, 1.82) is 0 Å². The van der Waals surface area contributed by atoms with Gasteiger partial charge in [0.1, 0.15) is 6.04 Å². The Labute approximate surface area is 102 Å². The van der Waals surface area contributed by atoms with Gasteiger partial charge in [-0.2, -0.15) is 0 Å². The van der Waals surface area contributed by atoms with Gasteiger partial charge in [0.2, 0.25) is 5.91 Å². The minimum absolute atomic E-state index is 0.00715. The molecule has 1 aliphatic heterocycles. The van der Waals surface area contributed by atoms with Crippen LogP contribution in [0.3, 0.4) is 0 Å². The summed E-state index contributed by atoms with van der Waals surface area (Å²) in [5.74, 6) is -2.94. The number of hydrogen-bond donors (Lipinski definition) is 2. The molecule has 6 heteroatoms. The van der Waals surface area contributed by atoms with Gasteiger partial charge in [0.15, 0.2) is 11.6 Å². The normalized spacial score (nSPS) is 19.2. The number of rotatable bonds is 2. The molecular weight excluding hydrogens is 242 g/mol. The predicted octanol–water partition coefficient (Wildman–Crippen LogP) is 0.973. The Morgan fingerprint density at radius 3 is 2.78 bits per heavy atom. The van der Waals surface area contributed by atoms with Gasteiger partial charge in [0, 0.05) is 12.1 Å². The molecule has 2 amide bonds. The highest BCUT2D eigenvalue weighted by Crippen LogP contribution is 2.10. The molecule has 2 N–H and O–H groups in total. The molecule has 0 aliphatic carbocycles. The van der Waals surface area contributed by atoms with Crippen LogP contribution in [0.1, 0.15) is 23.2 Å². The lowest BCUT2D eigenvalue weighted by Gasteiger charge is -2.22. The Hall–Kier alpha value is -1.98. The van der Waals surface area contributed by atoms with Crippen LogP contribution in [0.4, 0.5) is 8.78 Å². The molecule has 1 fully saturated rings. The number of piperidine rings is 1. The van der Waals surface area contributed by atoms with E-state index < -0.39 is 23.6 Å². The van der Waals surface area contributed by atoms with E-state index in [0.717, 1.165) is 18.6 Å². The summed E-state index contributed by atoms with van der Waals surface area (Å²) in [4.78, 5) is 23.2. The SMILES string of the molecule is O=C(N[C@H]1CCCNC1=O)c1ccc(F)c(F)c1. The summed E-state index contributed by atoms with van der Waals surface area (Å²) in [7, 11) is 0. The van der Waals surface area contributed by atoms with Crippen molar-refractivity contribution in [2.24, 2.45) is 0 Å². The Kier molecular flexibility index (Phi) is 3.55. The van der Waals surface area contributed by atoms with Gasteiger partial charge in [-0.1, -0.05) is 0 Å². The predicted molar refractivity (Wildman–Crippen MR) is 59.9 cm³/mol. The van der Waals surface area contributed by atoms with E-state index in [1.807, 2.05) is 0 Å². The van der Waals surface area contributed by atoms with Gasteiger partial charge in [-0.3, -0.25) is 9.59 Å². The zero-order valence-corrected chi connectivity index (χ0v) is 9.50. The van der Waals surface area contributed by atoms with Crippen molar-refractivity contribution in [3.8, 4) is 0 Å². The van der Waals surface area contributed by atoms with Crippen LogP contribution in [0.5, 0.6) is 0 Å². The van der Waals surface area contributed by atoms with Crippen LogP contribution in [-0.4, -0.2) is 24.4 Å². The van der Waals surface area contributed by atoms with Gasteiger partial charge in [0.05, 0.1) is 0 Å². The molecule has 1 aromatic rings. The molecule has 0 radical (unpaired) electrons. The van der Waals surface area contributed by atoms with Crippen molar-refractivity contribution >= 4 is 11.8 Å². The zero-order chi connectivity index (χ0) is 13.1. The first-order chi connectivity index (χ1) is 8.58. The second-order valence-electron chi connectivity index (χ2n) is 4.09. The van der Waals surface area contributed by atoms with Crippen molar-refractivity contribution in [2.75, 3.05) is 6.54 Å². The molecule has 0 saturated carbocycles. The molecule has 1 atom stereocenters. The molecule has 4 nitrogen and oxygen atoms in total. The molecule has 1 aliphatic rings. The Morgan fingerprint density at radius 2 is 2.11 bits per heavy atom. The van der Waals surface area contributed by atoms with Crippen LogP contribution >= 0.6 is 0 Å². The largest absolute Gasteiger partial charge is 0.354 e. The monoisotopic (exact) mass is 254 g/mol. The van der Waals surface area contributed by atoms with Gasteiger partial charge < -0.3 is 10.6 Å². The van der Waals surface area contributed by atoms with E-state index in [9.17, 15) is 18.4 Å². The minimum atomic E-state index is -1.09. The van der Waals surface area contributed by atoms with Crippen molar-refractivity contribution < 1.29 is 18.4 Å². The number of carbonyl (C=O) groups excluding carboxylic acids is 2. The fourth-order valence-electron chi connectivity index (χ4n) is 1.79. The molecule has 0 spiro atoms. The lowest BCUT2D eigenvalue weighted by Crippen LogP contribution is -2.50. The van der Waals surface area contributed by atoms with Gasteiger partial charge in [-0.05, 0) is 31.0 Å². The first-order valence-electron chi connectivity index (χ1n) is 5.61. The Balaban J connectivity index is 2.07. The van der Waals surface area contributed by atoms with Crippen LogP contribution in [0.25, 0.3) is 0 Å². The van der Waals surface area contributed by atoms with Crippen LogP contribution in [0.2, 0.25) is 0 Å². The number of hydrogen-bond acceptors (Lipinski definition) is 2. The van der Waals surface area contributed by atoms with E-state index in [-0.39, 0.29) is 11.5 Å². The average molecular weight is 254 g/mol. The smallest absolute Gasteiger partial charge is 0.252 e. The third-order valence-corrected chi connectivity index (χ3v) is 2.77. The van der Waals surface area contributed by atoms with Crippen LogP contribution < -0.4 is 10.6 Å². The van der Waals surface area contributed by atoms with Gasteiger partial charge in [-0.15, -0.1) is 0 Å². The molecule has 2 rings (SSSR count). The minimum Gasteiger partial charge on any atom is -0.354 e. The quantitative estimate of drug-likeness (QED) is 0.826. The van der Waals surface area contributed by atoms with Crippen LogP contribution in [0.15, 0.2) is 18.2 Å². The van der Waals surface area contributed by atoms with E-state index in [0.29, 0.717) is 13.0 Å². The van der Waals surface area contributed by atoms with E-state index in [1.54, 1.807) is 0 Å². The molecule has 18 heavy (non-hydrogen) atoms. The number of nitrogens with one attached hydrogen (secondary N) is 2. The third kappa shape index (κ3) is 2.64. The van der Waals surface area contributed by atoms with E-state index in [2.05, 4.69) is 10.6 Å². The van der Waals surface area contributed by atoms with E-state index in [4.69, 9.17) is 0 Å². The number of halogens is 2. The number of benzene rings is 1. The molecular formula is C12H12F2N2O2. The molecule has 1 saturated heterocycles. The van der Waals surface area contributed by atoms with Crippen molar-refractivity contribution in [3.05, 3.63) is 35.4 Å². The summed E-state index contributed by atoms with van der Waals surface area (Å²) >= 11 is 0. The molecule has 96 valence electrons. The maximum atomic E-state index is 13.0. The van der Waals surface area contributed by atoms with Crippen molar-refractivity contribution in [1.82, 2.24) is 10.6 Å². The number of amides is 2. The number of carbonyl (C=O) groups is 2. The molecule has 0 bridgehead atoms. The lowest BCUT2D eigenvalue weighted by atomic mass is 10.1. The highest BCUT2D eigenvalue weighted by molar-refractivity contribution is 5.97. The fourth-order valence-corrected chi connectivity index (χ4v) is 1.79. The summed E-state index contributed by atoms with van der Waals surface area (Å²) in [6.07, 6.45) is 1.32. The maximum Gasteiger partial charge on any atom is 0.252 e. The molecule has 1 heterocycles. The third-order valence-electron chi connectivity index (χ3n) is 2.77. The second kappa shape index (κ2) is 5.12. The second-order valence-corrected chi connectivity index (χ2v) is 4.09. The molecule has 0 aromatic heterocycles. The van der Waals surface area contributed by atoms with Crippen LogP contribution in [0, 0.1) is 11.6 Å². The van der Waals surface area contributed by atoms with E-state index >= 15 is 0 Å². The zero-order valence-electron chi connectivity index (χ0n) is 9.50. The van der Waals surface area contributed by atoms with Gasteiger partial charge in [0.25, 0.3) is 5.91 Å². The first-order valence-corrected chi connectivity index (χ1v) is 5.61. The topological polar surface area (TPSA) is 58.2 Å². The van der Waals surface area contributed by atoms with Crippen molar-refractivity contribution in [3.63, 3.8) is 0 Å². The summed E-state index contributed by atoms with van der Waals surface area (Å²) < 4.78 is 25.7. The molecule has 0 unspecified atom stereocenters. The van der Waals surface area contributed by atoms with Gasteiger partial charge in [-0.25, -0.2) is 8.78 Å². The Morgan fingerprint density at radius 1 is 1.33 bits per heavy atom. The Bertz CT molecular complexity index is 491. The summed E-state index contributed by atoms with van der Waals surface area (Å²) in [5, 5.41) is 5.11. The van der Waals surface area contributed by atoms with Crippen LogP contribution in [-0.2, 0) is 4.79 Å². The summed E-state index contributed by atoms with van der Waals surface area (Å²) in [6.45, 7) is 0.594. The maximum absolute atomic E-state index is 13.0. The standard InChI is InChI=1S/C12H12F2N2O2/c13-8-4-3-7(6-9(8)14)11(17)16-10-2-1-5-15-12(10)18/h3-4,6,10H,1-2,5H2,(H,15,18)(H,16,17)/t10-/m0/s1.